The van der Waals surface area contributed by atoms with E-state index in [0.717, 1.165) is 16.5 Å². The summed E-state index contributed by atoms with van der Waals surface area (Å²) in [4.78, 5) is 10.2. The van der Waals surface area contributed by atoms with Crippen LogP contribution in [0.5, 0.6) is 5.75 Å². The van der Waals surface area contributed by atoms with E-state index in [4.69, 9.17) is 21.4 Å². The number of nitro benzene ring substituents is 1. The molecule has 0 radical (unpaired) electrons. The Morgan fingerprint density at radius 1 is 1.17 bits per heavy atom. The second-order valence-electron chi connectivity index (χ2n) is 5.12. The lowest BCUT2D eigenvalue weighted by molar-refractivity contribution is -0.384. The van der Waals surface area contributed by atoms with Crippen LogP contribution in [0.25, 0.3) is 11.0 Å². The molecule has 0 unspecified atom stereocenters. The van der Waals surface area contributed by atoms with Gasteiger partial charge in [-0.3, -0.25) is 10.1 Å². The van der Waals surface area contributed by atoms with Crippen molar-refractivity contribution in [2.24, 2.45) is 0 Å². The molecule has 1 aromatic heterocycles. The van der Waals surface area contributed by atoms with Crippen LogP contribution in [0.15, 0.2) is 52.9 Å². The van der Waals surface area contributed by atoms with Crippen molar-refractivity contribution >= 4 is 28.9 Å². The summed E-state index contributed by atoms with van der Waals surface area (Å²) in [6.07, 6.45) is 0. The summed E-state index contributed by atoms with van der Waals surface area (Å²) in [6, 6.07) is 13.7. The van der Waals surface area contributed by atoms with Crippen molar-refractivity contribution in [2.75, 3.05) is 0 Å². The van der Waals surface area contributed by atoms with Crippen LogP contribution in [0.4, 0.5) is 5.69 Å². The van der Waals surface area contributed by atoms with Crippen LogP contribution in [0.3, 0.4) is 0 Å². The molecule has 6 heteroatoms. The summed E-state index contributed by atoms with van der Waals surface area (Å²) in [5, 5.41) is 11.6. The van der Waals surface area contributed by atoms with Gasteiger partial charge in [0.1, 0.15) is 17.9 Å². The third-order valence-electron chi connectivity index (χ3n) is 3.48. The van der Waals surface area contributed by atoms with Crippen LogP contribution < -0.4 is 4.74 Å². The van der Waals surface area contributed by atoms with Gasteiger partial charge < -0.3 is 9.15 Å². The van der Waals surface area contributed by atoms with Gasteiger partial charge in [0.15, 0.2) is 4.71 Å². The third kappa shape index (κ3) is 3.37. The lowest BCUT2D eigenvalue weighted by Gasteiger charge is -2.08. The number of fused-ring (bicyclic) bond motifs is 1. The molecule has 0 bridgehead atoms. The summed E-state index contributed by atoms with van der Waals surface area (Å²) in [6.45, 7) is 2.29. The van der Waals surface area contributed by atoms with Gasteiger partial charge >= 0.3 is 0 Å². The number of hydrogen-bond acceptors (Lipinski definition) is 5. The van der Waals surface area contributed by atoms with Gasteiger partial charge in [-0.05, 0) is 60.6 Å². The Labute approximate surface area is 137 Å². The van der Waals surface area contributed by atoms with Gasteiger partial charge in [0.25, 0.3) is 5.69 Å². The van der Waals surface area contributed by atoms with E-state index in [1.165, 1.54) is 12.1 Å². The highest BCUT2D eigenvalue weighted by atomic mass is 32.1. The Morgan fingerprint density at radius 2 is 1.91 bits per heavy atom. The Bertz CT molecular complexity index is 931. The topological polar surface area (TPSA) is 65.5 Å². The van der Waals surface area contributed by atoms with Crippen LogP contribution in [0, 0.1) is 21.7 Å². The van der Waals surface area contributed by atoms with Crippen molar-refractivity contribution in [3.63, 3.8) is 0 Å². The zero-order chi connectivity index (χ0) is 16.4. The number of aryl methyl sites for hydroxylation is 1. The molecule has 1 heterocycles. The second-order valence-corrected chi connectivity index (χ2v) is 5.52. The number of non-ortho nitro benzene ring substituents is 1. The fraction of sp³-hybridized carbons (Fsp3) is 0.118. The molecule has 0 fully saturated rings. The Morgan fingerprint density at radius 3 is 2.61 bits per heavy atom. The summed E-state index contributed by atoms with van der Waals surface area (Å²) < 4.78 is 11.7. The van der Waals surface area contributed by atoms with Crippen LogP contribution >= 0.6 is 12.2 Å². The Hall–Kier alpha value is -2.73. The molecular weight excluding hydrogens is 314 g/mol. The van der Waals surface area contributed by atoms with E-state index in [0.29, 0.717) is 22.6 Å². The first-order valence-corrected chi connectivity index (χ1v) is 7.34. The van der Waals surface area contributed by atoms with Crippen LogP contribution in [-0.4, -0.2) is 4.92 Å². The zero-order valence-electron chi connectivity index (χ0n) is 12.3. The first-order valence-electron chi connectivity index (χ1n) is 6.93. The predicted molar refractivity (Wildman–Crippen MR) is 89.2 cm³/mol. The van der Waals surface area contributed by atoms with Crippen molar-refractivity contribution < 1.29 is 14.1 Å². The molecule has 116 valence electrons. The maximum atomic E-state index is 10.6. The maximum absolute atomic E-state index is 10.6. The van der Waals surface area contributed by atoms with Gasteiger partial charge in [0.2, 0.25) is 0 Å². The predicted octanol–water partition coefficient (Wildman–Crippen LogP) is 4.96. The quantitative estimate of drug-likeness (QED) is 0.385. The molecule has 0 saturated heterocycles. The summed E-state index contributed by atoms with van der Waals surface area (Å²) in [5.41, 5.74) is 2.64. The highest BCUT2D eigenvalue weighted by molar-refractivity contribution is 7.71. The van der Waals surface area contributed by atoms with E-state index in [1.54, 1.807) is 18.2 Å². The fourth-order valence-electron chi connectivity index (χ4n) is 2.28. The fourth-order valence-corrected chi connectivity index (χ4v) is 2.54. The normalized spacial score (nSPS) is 10.7. The molecule has 0 aliphatic carbocycles. The van der Waals surface area contributed by atoms with Gasteiger partial charge in [0.05, 0.1) is 4.92 Å². The van der Waals surface area contributed by atoms with E-state index >= 15 is 0 Å². The molecule has 0 saturated carbocycles. The van der Waals surface area contributed by atoms with E-state index in [-0.39, 0.29) is 5.69 Å². The van der Waals surface area contributed by atoms with Crippen molar-refractivity contribution in [2.45, 2.75) is 13.5 Å². The van der Waals surface area contributed by atoms with Crippen LogP contribution in [0.1, 0.15) is 11.1 Å². The van der Waals surface area contributed by atoms with Crippen LogP contribution in [0.2, 0.25) is 0 Å². The summed E-state index contributed by atoms with van der Waals surface area (Å²) in [7, 11) is 0. The Balaban J connectivity index is 1.79. The highest BCUT2D eigenvalue weighted by Crippen LogP contribution is 2.25. The molecule has 0 N–H and O–H groups in total. The number of ether oxygens (including phenoxy) is 1. The van der Waals surface area contributed by atoms with E-state index in [9.17, 15) is 10.1 Å². The zero-order valence-corrected chi connectivity index (χ0v) is 13.1. The van der Waals surface area contributed by atoms with Crippen molar-refractivity contribution in [3.8, 4) is 5.75 Å². The first kappa shape index (κ1) is 15.2. The van der Waals surface area contributed by atoms with E-state index in [2.05, 4.69) is 0 Å². The number of benzene rings is 2. The molecule has 0 aliphatic heterocycles. The Kier molecular flexibility index (Phi) is 4.08. The molecular formula is C17H13NO4S. The molecule has 2 aromatic carbocycles. The minimum atomic E-state index is -0.426. The molecule has 0 amide bonds. The lowest BCUT2D eigenvalue weighted by Crippen LogP contribution is -1.96. The third-order valence-corrected chi connectivity index (χ3v) is 3.68. The minimum absolute atomic E-state index is 0.0618. The van der Waals surface area contributed by atoms with Gasteiger partial charge in [-0.15, -0.1) is 0 Å². The highest BCUT2D eigenvalue weighted by Gasteiger charge is 2.06. The maximum Gasteiger partial charge on any atom is 0.269 e. The van der Waals surface area contributed by atoms with E-state index < -0.39 is 4.92 Å². The first-order chi connectivity index (χ1) is 11.0. The number of hydrogen-bond donors (Lipinski definition) is 0. The monoisotopic (exact) mass is 327 g/mol. The van der Waals surface area contributed by atoms with Crippen molar-refractivity contribution in [1.82, 2.24) is 0 Å². The SMILES string of the molecule is Cc1cc(=S)oc2cc(OCc3ccc([N+](=O)[O-])cc3)ccc12. The van der Waals surface area contributed by atoms with Crippen LogP contribution in [-0.2, 0) is 6.61 Å². The molecule has 0 aliphatic rings. The van der Waals surface area contributed by atoms with Crippen molar-refractivity contribution in [1.29, 1.82) is 0 Å². The molecule has 23 heavy (non-hydrogen) atoms. The van der Waals surface area contributed by atoms with E-state index in [1.807, 2.05) is 25.1 Å². The summed E-state index contributed by atoms with van der Waals surface area (Å²) >= 11 is 5.08. The van der Waals surface area contributed by atoms with Gasteiger partial charge in [-0.1, -0.05) is 0 Å². The number of rotatable bonds is 4. The van der Waals surface area contributed by atoms with Gasteiger partial charge in [-0.25, -0.2) is 0 Å². The molecule has 3 aromatic rings. The smallest absolute Gasteiger partial charge is 0.269 e. The second kappa shape index (κ2) is 6.18. The van der Waals surface area contributed by atoms with Gasteiger partial charge in [0, 0.05) is 23.6 Å². The minimum Gasteiger partial charge on any atom is -0.489 e. The van der Waals surface area contributed by atoms with Gasteiger partial charge in [-0.2, -0.15) is 0 Å². The lowest BCUT2D eigenvalue weighted by atomic mass is 10.1. The summed E-state index contributed by atoms with van der Waals surface area (Å²) in [5.74, 6) is 0.652. The molecule has 0 atom stereocenters. The largest absolute Gasteiger partial charge is 0.489 e. The molecule has 3 rings (SSSR count). The number of nitrogens with zero attached hydrogens (tertiary/aromatic N) is 1. The standard InChI is InChI=1S/C17H13NO4S/c1-11-8-17(23)22-16-9-14(6-7-15(11)16)21-10-12-2-4-13(5-3-12)18(19)20/h2-9H,10H2,1H3. The molecule has 5 nitrogen and oxygen atoms in total. The van der Waals surface area contributed by atoms with Crippen molar-refractivity contribution in [3.05, 3.63) is 74.5 Å². The number of nitro groups is 1. The average molecular weight is 327 g/mol. The molecule has 0 spiro atoms. The average Bonchev–Trinajstić information content (AvgIpc) is 2.52.